The maximum atomic E-state index is 12.2. The van der Waals surface area contributed by atoms with Crippen LogP contribution in [0.3, 0.4) is 0 Å². The van der Waals surface area contributed by atoms with Gasteiger partial charge in [-0.3, -0.25) is 4.79 Å². The molecule has 3 N–H and O–H groups in total. The van der Waals surface area contributed by atoms with Crippen LogP contribution in [-0.2, 0) is 4.79 Å². The summed E-state index contributed by atoms with van der Waals surface area (Å²) in [6.07, 6.45) is -5.20. The van der Waals surface area contributed by atoms with Crippen LogP contribution in [0.1, 0.15) is 13.3 Å². The summed E-state index contributed by atoms with van der Waals surface area (Å²) in [5.41, 5.74) is -0.185. The van der Waals surface area contributed by atoms with Crippen LogP contribution in [0.15, 0.2) is 24.3 Å². The number of carboxylic acids is 1. The molecule has 1 aromatic carbocycles. The van der Waals surface area contributed by atoms with Crippen LogP contribution >= 0.6 is 0 Å². The number of benzene rings is 1. The number of rotatable bonds is 5. The topological polar surface area (TPSA) is 87.7 Å². The summed E-state index contributed by atoms with van der Waals surface area (Å²) in [5.74, 6) is -1.67. The molecule has 116 valence electrons. The summed E-state index contributed by atoms with van der Waals surface area (Å²) in [5, 5.41) is 13.0. The van der Waals surface area contributed by atoms with Crippen LogP contribution < -0.4 is 15.4 Å². The molecule has 1 atom stereocenters. The lowest BCUT2D eigenvalue weighted by Crippen LogP contribution is -2.37. The van der Waals surface area contributed by atoms with Gasteiger partial charge in [-0.1, -0.05) is 12.1 Å². The molecule has 0 spiro atoms. The number of carbonyl (C=O) groups excluding carboxylic acids is 1. The van der Waals surface area contributed by atoms with Crippen molar-refractivity contribution in [2.45, 2.75) is 25.7 Å². The Kier molecular flexibility index (Phi) is 5.39. The largest absolute Gasteiger partial charge is 0.573 e. The minimum Gasteiger partial charge on any atom is -0.481 e. The van der Waals surface area contributed by atoms with Crippen molar-refractivity contribution in [3.8, 4) is 5.75 Å². The van der Waals surface area contributed by atoms with Gasteiger partial charge in [-0.05, 0) is 19.1 Å². The Morgan fingerprint density at radius 1 is 1.33 bits per heavy atom. The average Bonchev–Trinajstić information content (AvgIpc) is 2.28. The number of carbonyl (C=O) groups is 2. The Morgan fingerprint density at radius 3 is 2.52 bits per heavy atom. The predicted molar refractivity (Wildman–Crippen MR) is 67.0 cm³/mol. The van der Waals surface area contributed by atoms with Gasteiger partial charge in [0.2, 0.25) is 0 Å². The molecule has 1 aromatic rings. The Hall–Kier alpha value is -2.45. The number of aliphatic carboxylic acids is 1. The highest BCUT2D eigenvalue weighted by Crippen LogP contribution is 2.29. The minimum atomic E-state index is -4.88. The Bertz CT molecular complexity index is 519. The molecule has 0 aliphatic carbocycles. The van der Waals surface area contributed by atoms with E-state index in [0.717, 1.165) is 6.07 Å². The minimum absolute atomic E-state index is 0.185. The van der Waals surface area contributed by atoms with E-state index in [-0.39, 0.29) is 12.1 Å². The number of urea groups is 1. The number of ether oxygens (including phenoxy) is 1. The van der Waals surface area contributed by atoms with Crippen molar-refractivity contribution < 1.29 is 32.6 Å². The quantitative estimate of drug-likeness (QED) is 0.780. The smallest absolute Gasteiger partial charge is 0.481 e. The first kappa shape index (κ1) is 16.6. The fourth-order valence-electron chi connectivity index (χ4n) is 1.48. The molecule has 0 saturated heterocycles. The van der Waals surface area contributed by atoms with Gasteiger partial charge >= 0.3 is 18.4 Å². The highest BCUT2D eigenvalue weighted by atomic mass is 19.4. The lowest BCUT2D eigenvalue weighted by atomic mass is 10.2. The van der Waals surface area contributed by atoms with Crippen molar-refractivity contribution in [2.75, 3.05) is 5.32 Å². The van der Waals surface area contributed by atoms with Gasteiger partial charge in [-0.15, -0.1) is 13.2 Å². The van der Waals surface area contributed by atoms with E-state index in [1.807, 2.05) is 0 Å². The molecule has 0 bridgehead atoms. The first-order valence-corrected chi connectivity index (χ1v) is 5.81. The summed E-state index contributed by atoms with van der Waals surface area (Å²) < 4.78 is 40.4. The number of alkyl halides is 3. The normalized spacial score (nSPS) is 12.4. The van der Waals surface area contributed by atoms with Gasteiger partial charge in [-0.2, -0.15) is 0 Å². The van der Waals surface area contributed by atoms with E-state index in [1.165, 1.54) is 25.1 Å². The summed E-state index contributed by atoms with van der Waals surface area (Å²) in [6, 6.07) is 3.49. The number of carboxylic acid groups (broad SMARTS) is 1. The number of amides is 2. The van der Waals surface area contributed by atoms with E-state index in [1.54, 1.807) is 0 Å². The van der Waals surface area contributed by atoms with Gasteiger partial charge in [0.25, 0.3) is 0 Å². The van der Waals surface area contributed by atoms with Crippen LogP contribution in [0.2, 0.25) is 0 Å². The van der Waals surface area contributed by atoms with Crippen molar-refractivity contribution in [1.82, 2.24) is 5.32 Å². The summed E-state index contributed by atoms with van der Waals surface area (Å²) in [7, 11) is 0. The molecule has 0 fully saturated rings. The molecule has 9 heteroatoms. The number of hydrogen-bond donors (Lipinski definition) is 3. The first-order chi connectivity index (χ1) is 9.67. The van der Waals surface area contributed by atoms with Crippen LogP contribution in [0.4, 0.5) is 23.7 Å². The van der Waals surface area contributed by atoms with Crippen molar-refractivity contribution >= 4 is 17.7 Å². The lowest BCUT2D eigenvalue weighted by Gasteiger charge is -2.16. The number of nitrogens with one attached hydrogen (secondary N) is 2. The summed E-state index contributed by atoms with van der Waals surface area (Å²) in [6.45, 7) is 1.45. The van der Waals surface area contributed by atoms with Gasteiger partial charge in [0, 0.05) is 6.04 Å². The van der Waals surface area contributed by atoms with Gasteiger partial charge in [0.15, 0.2) is 5.75 Å². The average molecular weight is 306 g/mol. The Labute approximate surface area is 117 Å². The number of anilines is 1. The zero-order valence-electron chi connectivity index (χ0n) is 10.9. The fourth-order valence-corrected chi connectivity index (χ4v) is 1.48. The van der Waals surface area contributed by atoms with Gasteiger partial charge in [0.1, 0.15) is 0 Å². The third-order valence-corrected chi connectivity index (χ3v) is 2.22. The lowest BCUT2D eigenvalue weighted by molar-refractivity contribution is -0.274. The Balaban J connectivity index is 2.70. The monoisotopic (exact) mass is 306 g/mol. The van der Waals surface area contributed by atoms with Gasteiger partial charge in [-0.25, -0.2) is 4.79 Å². The fraction of sp³-hybridized carbons (Fsp3) is 0.333. The van der Waals surface area contributed by atoms with E-state index in [0.29, 0.717) is 0 Å². The zero-order chi connectivity index (χ0) is 16.0. The molecule has 1 unspecified atom stereocenters. The molecule has 0 saturated carbocycles. The van der Waals surface area contributed by atoms with Crippen molar-refractivity contribution in [3.63, 3.8) is 0 Å². The molecule has 0 aliphatic rings. The third kappa shape index (κ3) is 6.50. The molecule has 0 aliphatic heterocycles. The summed E-state index contributed by atoms with van der Waals surface area (Å²) in [4.78, 5) is 22.0. The molecule has 2 amide bonds. The van der Waals surface area contributed by atoms with Gasteiger partial charge in [0.05, 0.1) is 12.1 Å². The standard InChI is InChI=1S/C12H13F3N2O4/c1-7(6-10(18)19)16-11(20)17-8-4-2-3-5-9(8)21-12(13,14)15/h2-5,7H,6H2,1H3,(H,18,19)(H2,16,17,20). The van der Waals surface area contributed by atoms with E-state index < -0.39 is 30.2 Å². The Morgan fingerprint density at radius 2 is 1.95 bits per heavy atom. The molecule has 0 heterocycles. The molecular formula is C12H13F3N2O4. The predicted octanol–water partition coefficient (Wildman–Crippen LogP) is 2.57. The van der Waals surface area contributed by atoms with E-state index in [2.05, 4.69) is 15.4 Å². The second-order valence-corrected chi connectivity index (χ2v) is 4.14. The second-order valence-electron chi connectivity index (χ2n) is 4.14. The van der Waals surface area contributed by atoms with Crippen LogP contribution in [0.5, 0.6) is 5.75 Å². The van der Waals surface area contributed by atoms with Crippen LogP contribution in [0.25, 0.3) is 0 Å². The molecule has 0 aromatic heterocycles. The maximum absolute atomic E-state index is 12.2. The summed E-state index contributed by atoms with van der Waals surface area (Å²) >= 11 is 0. The van der Waals surface area contributed by atoms with E-state index in [4.69, 9.17) is 5.11 Å². The van der Waals surface area contributed by atoms with E-state index >= 15 is 0 Å². The van der Waals surface area contributed by atoms with E-state index in [9.17, 15) is 22.8 Å². The molecule has 21 heavy (non-hydrogen) atoms. The molecule has 1 rings (SSSR count). The highest BCUT2D eigenvalue weighted by molar-refractivity contribution is 5.91. The van der Waals surface area contributed by atoms with Crippen molar-refractivity contribution in [2.24, 2.45) is 0 Å². The third-order valence-electron chi connectivity index (χ3n) is 2.22. The maximum Gasteiger partial charge on any atom is 0.573 e. The molecule has 0 radical (unpaired) electrons. The van der Waals surface area contributed by atoms with Crippen LogP contribution in [-0.4, -0.2) is 29.5 Å². The van der Waals surface area contributed by atoms with Crippen LogP contribution in [0, 0.1) is 0 Å². The SMILES string of the molecule is CC(CC(=O)O)NC(=O)Nc1ccccc1OC(F)(F)F. The molecular weight excluding hydrogens is 293 g/mol. The molecule has 6 nitrogen and oxygen atoms in total. The highest BCUT2D eigenvalue weighted by Gasteiger charge is 2.32. The zero-order valence-corrected chi connectivity index (χ0v) is 10.9. The van der Waals surface area contributed by atoms with Crippen molar-refractivity contribution in [3.05, 3.63) is 24.3 Å². The van der Waals surface area contributed by atoms with Crippen molar-refractivity contribution in [1.29, 1.82) is 0 Å². The second kappa shape index (κ2) is 6.82. The number of hydrogen-bond acceptors (Lipinski definition) is 3. The first-order valence-electron chi connectivity index (χ1n) is 5.81. The number of para-hydroxylation sites is 2. The number of halogens is 3. The van der Waals surface area contributed by atoms with Gasteiger partial charge < -0.3 is 20.5 Å².